The van der Waals surface area contributed by atoms with E-state index in [0.29, 0.717) is 47.7 Å². The molecule has 3 rings (SSSR count). The van der Waals surface area contributed by atoms with E-state index in [-0.39, 0.29) is 6.03 Å². The van der Waals surface area contributed by atoms with Gasteiger partial charge in [-0.3, -0.25) is 0 Å². The van der Waals surface area contributed by atoms with Gasteiger partial charge in [-0.2, -0.15) is 5.10 Å². The summed E-state index contributed by atoms with van der Waals surface area (Å²) < 4.78 is 17.4. The van der Waals surface area contributed by atoms with Crippen LogP contribution in [0.2, 0.25) is 0 Å². The van der Waals surface area contributed by atoms with Gasteiger partial charge in [0.1, 0.15) is 5.82 Å². The van der Waals surface area contributed by atoms with E-state index in [0.717, 1.165) is 0 Å². The second-order valence-corrected chi connectivity index (χ2v) is 5.95. The first-order chi connectivity index (χ1) is 14.6. The number of carbonyl (C=O) groups excluding carboxylic acids is 1. The maximum Gasteiger partial charge on any atom is 0.319 e. The highest BCUT2D eigenvalue weighted by atomic mass is 16.5. The van der Waals surface area contributed by atoms with Gasteiger partial charge in [0.05, 0.1) is 27.0 Å². The zero-order valence-electron chi connectivity index (χ0n) is 16.9. The van der Waals surface area contributed by atoms with Crippen LogP contribution in [0.3, 0.4) is 0 Å². The van der Waals surface area contributed by atoms with Crippen LogP contribution in [0.5, 0.6) is 17.2 Å². The number of aromatic nitrogens is 4. The van der Waals surface area contributed by atoms with Gasteiger partial charge in [0.25, 0.3) is 0 Å². The first-order valence-electron chi connectivity index (χ1n) is 9.07. The molecule has 3 N–H and O–H groups in total. The normalized spacial score (nSPS) is 10.2. The van der Waals surface area contributed by atoms with Crippen LogP contribution in [0.15, 0.2) is 42.7 Å². The fourth-order valence-corrected chi connectivity index (χ4v) is 2.64. The van der Waals surface area contributed by atoms with Gasteiger partial charge in [-0.25, -0.2) is 9.48 Å². The number of carbonyl (C=O) groups is 1. The number of hydrogen-bond donors (Lipinski definition) is 3. The van der Waals surface area contributed by atoms with Crippen molar-refractivity contribution in [2.75, 3.05) is 45.1 Å². The fourth-order valence-electron chi connectivity index (χ4n) is 2.64. The molecule has 2 amide bonds. The van der Waals surface area contributed by atoms with E-state index in [1.54, 1.807) is 41.3 Å². The van der Waals surface area contributed by atoms with Gasteiger partial charge in [0.2, 0.25) is 5.75 Å². The van der Waals surface area contributed by atoms with Crippen LogP contribution in [0.4, 0.5) is 16.3 Å². The smallest absolute Gasteiger partial charge is 0.319 e. The molecule has 0 saturated heterocycles. The number of nitrogens with one attached hydrogen (secondary N) is 3. The maximum atomic E-state index is 12.2. The summed E-state index contributed by atoms with van der Waals surface area (Å²) in [4.78, 5) is 12.2. The summed E-state index contributed by atoms with van der Waals surface area (Å²) >= 11 is 0. The number of rotatable bonds is 9. The van der Waals surface area contributed by atoms with Crippen LogP contribution in [0.25, 0.3) is 5.82 Å². The zero-order valence-corrected chi connectivity index (χ0v) is 16.9. The predicted octanol–water partition coefficient (Wildman–Crippen LogP) is 1.92. The van der Waals surface area contributed by atoms with Crippen LogP contribution in [-0.4, -0.2) is 60.4 Å². The topological polar surface area (TPSA) is 124 Å². The molecular weight excluding hydrogens is 390 g/mol. The summed E-state index contributed by atoms with van der Waals surface area (Å²) in [7, 11) is 4.54. The Morgan fingerprint density at radius 3 is 2.37 bits per heavy atom. The molecule has 1 aromatic carbocycles. The Hall–Kier alpha value is -4.02. The van der Waals surface area contributed by atoms with E-state index >= 15 is 0 Å². The summed E-state index contributed by atoms with van der Waals surface area (Å²) in [5, 5.41) is 20.8. The van der Waals surface area contributed by atoms with Gasteiger partial charge in [-0.05, 0) is 18.2 Å². The molecule has 0 atom stereocenters. The van der Waals surface area contributed by atoms with Crippen LogP contribution < -0.4 is 30.2 Å². The van der Waals surface area contributed by atoms with Crippen LogP contribution in [0.1, 0.15) is 0 Å². The van der Waals surface area contributed by atoms with Crippen molar-refractivity contribution in [2.24, 2.45) is 0 Å². The lowest BCUT2D eigenvalue weighted by Crippen LogP contribution is -2.32. The molecular formula is C19H23N7O4. The molecule has 11 heteroatoms. The minimum absolute atomic E-state index is 0.369. The van der Waals surface area contributed by atoms with Gasteiger partial charge >= 0.3 is 6.03 Å². The van der Waals surface area contributed by atoms with E-state index in [1.807, 2.05) is 6.07 Å². The quantitative estimate of drug-likeness (QED) is 0.455. The molecule has 0 fully saturated rings. The molecule has 0 unspecified atom stereocenters. The molecule has 158 valence electrons. The zero-order chi connectivity index (χ0) is 21.3. The number of methoxy groups -OCH3 is 3. The summed E-state index contributed by atoms with van der Waals surface area (Å²) in [6.45, 7) is 0.845. The highest BCUT2D eigenvalue weighted by molar-refractivity contribution is 5.90. The first-order valence-corrected chi connectivity index (χ1v) is 9.07. The standard InChI is InChI=1S/C19H23N7O4/c1-28-14-11-13(12-15(29-2)18(14)30-3)23-19(27)21-9-8-20-16-5-6-17(25-24-16)26-10-4-7-22-26/h4-7,10-12H,8-9H2,1-3H3,(H,20,24)(H2,21,23,27). The summed E-state index contributed by atoms with van der Waals surface area (Å²) in [5.41, 5.74) is 0.509. The maximum absolute atomic E-state index is 12.2. The highest BCUT2D eigenvalue weighted by Crippen LogP contribution is 2.39. The molecule has 0 aliphatic heterocycles. The number of urea groups is 1. The Labute approximate surface area is 173 Å². The molecule has 2 aromatic heterocycles. The molecule has 0 bridgehead atoms. The van der Waals surface area contributed by atoms with Crippen molar-refractivity contribution < 1.29 is 19.0 Å². The van der Waals surface area contributed by atoms with Crippen molar-refractivity contribution in [2.45, 2.75) is 0 Å². The molecule has 0 aliphatic carbocycles. The third-order valence-electron chi connectivity index (χ3n) is 4.03. The van der Waals surface area contributed by atoms with Crippen LogP contribution in [0, 0.1) is 0 Å². The van der Waals surface area contributed by atoms with Crippen molar-refractivity contribution in [1.82, 2.24) is 25.3 Å². The average Bonchev–Trinajstić information content (AvgIpc) is 3.31. The number of nitrogens with zero attached hydrogens (tertiary/aromatic N) is 4. The molecule has 0 spiro atoms. The lowest BCUT2D eigenvalue weighted by molar-refractivity contribution is 0.252. The lowest BCUT2D eigenvalue weighted by Gasteiger charge is -2.15. The second kappa shape index (κ2) is 9.96. The Balaban J connectivity index is 1.47. The molecule has 11 nitrogen and oxygen atoms in total. The van der Waals surface area contributed by atoms with E-state index in [2.05, 4.69) is 31.2 Å². The number of amides is 2. The van der Waals surface area contributed by atoms with Crippen molar-refractivity contribution in [1.29, 1.82) is 0 Å². The molecule has 0 aliphatic rings. The predicted molar refractivity (Wildman–Crippen MR) is 111 cm³/mol. The van der Waals surface area contributed by atoms with Crippen molar-refractivity contribution in [3.8, 4) is 23.1 Å². The Morgan fingerprint density at radius 1 is 1.03 bits per heavy atom. The summed E-state index contributed by atoms with van der Waals surface area (Å²) in [6, 6.07) is 8.33. The van der Waals surface area contributed by atoms with Crippen molar-refractivity contribution >= 4 is 17.5 Å². The minimum Gasteiger partial charge on any atom is -0.493 e. The minimum atomic E-state index is -0.369. The lowest BCUT2D eigenvalue weighted by atomic mass is 10.2. The second-order valence-electron chi connectivity index (χ2n) is 5.95. The van der Waals surface area contributed by atoms with Gasteiger partial charge in [-0.15, -0.1) is 10.2 Å². The van der Waals surface area contributed by atoms with Crippen LogP contribution >= 0.6 is 0 Å². The monoisotopic (exact) mass is 413 g/mol. The number of ether oxygens (including phenoxy) is 3. The number of benzene rings is 1. The molecule has 2 heterocycles. The molecule has 3 aromatic rings. The highest BCUT2D eigenvalue weighted by Gasteiger charge is 2.14. The van der Waals surface area contributed by atoms with Gasteiger partial charge in [-0.1, -0.05) is 0 Å². The third kappa shape index (κ3) is 5.07. The third-order valence-corrected chi connectivity index (χ3v) is 4.03. The van der Waals surface area contributed by atoms with Crippen molar-refractivity contribution in [3.05, 3.63) is 42.7 Å². The average molecular weight is 413 g/mol. The van der Waals surface area contributed by atoms with Gasteiger partial charge < -0.3 is 30.2 Å². The Morgan fingerprint density at radius 2 is 1.80 bits per heavy atom. The van der Waals surface area contributed by atoms with E-state index < -0.39 is 0 Å². The molecule has 0 radical (unpaired) electrons. The SMILES string of the molecule is COc1cc(NC(=O)NCCNc2ccc(-n3cccn3)nn2)cc(OC)c1OC. The Bertz CT molecular complexity index is 937. The summed E-state index contributed by atoms with van der Waals surface area (Å²) in [5.74, 6) is 2.57. The van der Waals surface area contributed by atoms with Gasteiger partial charge in [0.15, 0.2) is 17.3 Å². The van der Waals surface area contributed by atoms with E-state index in [4.69, 9.17) is 14.2 Å². The van der Waals surface area contributed by atoms with E-state index in [9.17, 15) is 4.79 Å². The summed E-state index contributed by atoms with van der Waals surface area (Å²) in [6.07, 6.45) is 3.45. The van der Waals surface area contributed by atoms with Crippen LogP contribution in [-0.2, 0) is 0 Å². The number of anilines is 2. The fraction of sp³-hybridized carbons (Fsp3) is 0.263. The number of hydrogen-bond acceptors (Lipinski definition) is 8. The first kappa shape index (κ1) is 20.7. The molecule has 30 heavy (non-hydrogen) atoms. The van der Waals surface area contributed by atoms with E-state index in [1.165, 1.54) is 21.3 Å². The Kier molecular flexibility index (Phi) is 6.87. The van der Waals surface area contributed by atoms with Crippen molar-refractivity contribution in [3.63, 3.8) is 0 Å². The molecule has 0 saturated carbocycles. The largest absolute Gasteiger partial charge is 0.493 e. The van der Waals surface area contributed by atoms with Gasteiger partial charge in [0, 0.05) is 37.6 Å².